The summed E-state index contributed by atoms with van der Waals surface area (Å²) in [6.07, 6.45) is 1.34. The number of aromatic amines is 1. The van der Waals surface area contributed by atoms with E-state index in [1.54, 1.807) is 11.1 Å². The second-order valence-corrected chi connectivity index (χ2v) is 5.67. The van der Waals surface area contributed by atoms with Gasteiger partial charge in [-0.2, -0.15) is 0 Å². The van der Waals surface area contributed by atoms with Crippen molar-refractivity contribution in [2.45, 2.75) is 25.2 Å². The minimum Gasteiger partial charge on any atom is -0.342 e. The first-order valence-corrected chi connectivity index (χ1v) is 6.39. The Kier molecular flexibility index (Phi) is 1.76. The normalized spacial score (nSPS) is 27.6. The Morgan fingerprint density at radius 2 is 1.94 bits per heavy atom. The number of benzene rings is 1. The molecular weight excluding hydrogens is 210 g/mol. The molecule has 1 N–H and O–H groups in total. The fraction of sp³-hybridized carbons (Fsp3) is 0.500. The molecule has 1 aliphatic heterocycles. The summed E-state index contributed by atoms with van der Waals surface area (Å²) in [6, 6.07) is 4.66. The highest BCUT2D eigenvalue weighted by Gasteiger charge is 2.36. The average Bonchev–Trinajstić information content (AvgIpc) is 2.75. The Morgan fingerprint density at radius 1 is 1.24 bits per heavy atom. The molecule has 0 amide bonds. The molecule has 2 aliphatic rings. The summed E-state index contributed by atoms with van der Waals surface area (Å²) in [6.45, 7) is 4.44. The van der Waals surface area contributed by atoms with Crippen LogP contribution in [0, 0.1) is 6.92 Å². The van der Waals surface area contributed by atoms with Crippen molar-refractivity contribution in [3.05, 3.63) is 29.1 Å². The standard InChI is InChI=1S/C14H17N3/c1-8-15-13-4-11-9-3-10(7-17(2)6-9)12(11)5-14(13)16-8/h4-5,9-10H,3,6-7H2,1-2H3,(H,15,16). The van der Waals surface area contributed by atoms with Gasteiger partial charge in [0.2, 0.25) is 0 Å². The predicted octanol–water partition coefficient (Wildman–Crippen LogP) is 2.39. The van der Waals surface area contributed by atoms with E-state index in [9.17, 15) is 0 Å². The van der Waals surface area contributed by atoms with Crippen LogP contribution in [0.25, 0.3) is 11.0 Å². The minimum absolute atomic E-state index is 0.732. The maximum Gasteiger partial charge on any atom is 0.104 e. The molecule has 1 saturated heterocycles. The van der Waals surface area contributed by atoms with Crippen LogP contribution in [-0.2, 0) is 0 Å². The molecule has 1 aliphatic carbocycles. The van der Waals surface area contributed by atoms with E-state index in [0.717, 1.165) is 23.2 Å². The van der Waals surface area contributed by atoms with Crippen LogP contribution in [0.1, 0.15) is 35.2 Å². The molecule has 3 heteroatoms. The molecule has 2 unspecified atom stereocenters. The largest absolute Gasteiger partial charge is 0.342 e. The van der Waals surface area contributed by atoms with E-state index in [0.29, 0.717) is 0 Å². The van der Waals surface area contributed by atoms with Gasteiger partial charge in [-0.25, -0.2) is 4.98 Å². The number of piperidine rings is 1. The minimum atomic E-state index is 0.732. The molecule has 2 atom stereocenters. The van der Waals surface area contributed by atoms with E-state index < -0.39 is 0 Å². The van der Waals surface area contributed by atoms with E-state index in [1.807, 2.05) is 6.92 Å². The number of likely N-dealkylation sites (tertiary alicyclic amines) is 1. The number of likely N-dealkylation sites (N-methyl/N-ethyl adjacent to an activating group) is 1. The third kappa shape index (κ3) is 1.29. The van der Waals surface area contributed by atoms with Gasteiger partial charge in [-0.1, -0.05) is 0 Å². The zero-order valence-electron chi connectivity index (χ0n) is 10.3. The van der Waals surface area contributed by atoms with Crippen LogP contribution in [-0.4, -0.2) is 35.0 Å². The quantitative estimate of drug-likeness (QED) is 0.749. The number of rotatable bonds is 0. The lowest BCUT2D eigenvalue weighted by Gasteiger charge is -2.28. The van der Waals surface area contributed by atoms with Crippen molar-refractivity contribution < 1.29 is 0 Å². The van der Waals surface area contributed by atoms with Gasteiger partial charge in [0.25, 0.3) is 0 Å². The highest BCUT2D eigenvalue weighted by molar-refractivity contribution is 5.78. The lowest BCUT2D eigenvalue weighted by atomic mass is 9.96. The van der Waals surface area contributed by atoms with Gasteiger partial charge >= 0.3 is 0 Å². The van der Waals surface area contributed by atoms with Gasteiger partial charge in [-0.3, -0.25) is 0 Å². The molecule has 4 rings (SSSR count). The first kappa shape index (κ1) is 9.66. The fourth-order valence-corrected chi connectivity index (χ4v) is 3.69. The molecule has 0 saturated carbocycles. The summed E-state index contributed by atoms with van der Waals surface area (Å²) in [5, 5.41) is 0. The number of H-pyrrole nitrogens is 1. The van der Waals surface area contributed by atoms with Gasteiger partial charge in [0.1, 0.15) is 5.82 Å². The number of imidazole rings is 1. The molecule has 2 heterocycles. The predicted molar refractivity (Wildman–Crippen MR) is 68.4 cm³/mol. The lowest BCUT2D eigenvalue weighted by molar-refractivity contribution is 0.245. The maximum atomic E-state index is 4.55. The van der Waals surface area contributed by atoms with E-state index in [1.165, 1.54) is 25.0 Å². The summed E-state index contributed by atoms with van der Waals surface area (Å²) < 4.78 is 0. The fourth-order valence-electron chi connectivity index (χ4n) is 3.69. The summed E-state index contributed by atoms with van der Waals surface area (Å²) >= 11 is 0. The van der Waals surface area contributed by atoms with Gasteiger partial charge in [-0.05, 0) is 55.5 Å². The highest BCUT2D eigenvalue weighted by atomic mass is 15.1. The lowest BCUT2D eigenvalue weighted by Crippen LogP contribution is -2.31. The highest BCUT2D eigenvalue weighted by Crippen LogP contribution is 2.46. The van der Waals surface area contributed by atoms with Crippen LogP contribution in [0.3, 0.4) is 0 Å². The van der Waals surface area contributed by atoms with Crippen LogP contribution >= 0.6 is 0 Å². The first-order valence-electron chi connectivity index (χ1n) is 6.39. The van der Waals surface area contributed by atoms with Crippen molar-refractivity contribution in [3.8, 4) is 0 Å². The van der Waals surface area contributed by atoms with Crippen molar-refractivity contribution in [3.63, 3.8) is 0 Å². The third-order valence-corrected chi connectivity index (χ3v) is 4.32. The van der Waals surface area contributed by atoms with Crippen LogP contribution in [0.15, 0.2) is 12.1 Å². The van der Waals surface area contributed by atoms with Crippen LogP contribution < -0.4 is 0 Å². The number of aromatic nitrogens is 2. The Morgan fingerprint density at radius 3 is 2.71 bits per heavy atom. The third-order valence-electron chi connectivity index (χ3n) is 4.32. The molecule has 1 aromatic heterocycles. The van der Waals surface area contributed by atoms with Crippen molar-refractivity contribution in [1.82, 2.24) is 14.9 Å². The summed E-state index contributed by atoms with van der Waals surface area (Å²) in [4.78, 5) is 10.4. The van der Waals surface area contributed by atoms with Gasteiger partial charge in [0.05, 0.1) is 11.0 Å². The molecule has 2 aromatic rings. The van der Waals surface area contributed by atoms with Crippen molar-refractivity contribution in [1.29, 1.82) is 0 Å². The molecule has 88 valence electrons. The van der Waals surface area contributed by atoms with Crippen LogP contribution in [0.4, 0.5) is 0 Å². The van der Waals surface area contributed by atoms with Crippen molar-refractivity contribution in [2.75, 3.05) is 20.1 Å². The SMILES string of the molecule is Cc1nc2cc3c(cc2[nH]1)C1CC3CN(C)C1. The van der Waals surface area contributed by atoms with Crippen molar-refractivity contribution in [2.24, 2.45) is 0 Å². The summed E-state index contributed by atoms with van der Waals surface area (Å²) in [5.74, 6) is 2.49. The molecule has 3 nitrogen and oxygen atoms in total. The maximum absolute atomic E-state index is 4.55. The number of fused-ring (bicyclic) bond motifs is 6. The van der Waals surface area contributed by atoms with E-state index in [4.69, 9.17) is 0 Å². The van der Waals surface area contributed by atoms with Gasteiger partial charge < -0.3 is 9.88 Å². The number of nitrogens with one attached hydrogen (secondary N) is 1. The Hall–Kier alpha value is -1.35. The van der Waals surface area contributed by atoms with Gasteiger partial charge in [0, 0.05) is 13.1 Å². The molecule has 2 bridgehead atoms. The molecule has 17 heavy (non-hydrogen) atoms. The molecule has 0 spiro atoms. The Labute approximate surface area is 101 Å². The number of hydrogen-bond acceptors (Lipinski definition) is 2. The Balaban J connectivity index is 1.94. The van der Waals surface area contributed by atoms with Gasteiger partial charge in [-0.15, -0.1) is 0 Å². The number of hydrogen-bond donors (Lipinski definition) is 1. The monoisotopic (exact) mass is 227 g/mol. The summed E-state index contributed by atoms with van der Waals surface area (Å²) in [5.41, 5.74) is 5.46. The van der Waals surface area contributed by atoms with E-state index >= 15 is 0 Å². The number of nitrogens with zero attached hydrogens (tertiary/aromatic N) is 2. The second kappa shape index (κ2) is 3.10. The topological polar surface area (TPSA) is 31.9 Å². The van der Waals surface area contributed by atoms with Crippen LogP contribution in [0.5, 0.6) is 0 Å². The first-order chi connectivity index (χ1) is 8.20. The zero-order valence-corrected chi connectivity index (χ0v) is 10.3. The van der Waals surface area contributed by atoms with E-state index in [-0.39, 0.29) is 0 Å². The van der Waals surface area contributed by atoms with Crippen molar-refractivity contribution >= 4 is 11.0 Å². The number of aryl methyl sites for hydroxylation is 1. The molecule has 0 radical (unpaired) electrons. The van der Waals surface area contributed by atoms with Crippen LogP contribution in [0.2, 0.25) is 0 Å². The molecule has 1 aromatic carbocycles. The van der Waals surface area contributed by atoms with Gasteiger partial charge in [0.15, 0.2) is 0 Å². The summed E-state index contributed by atoms with van der Waals surface area (Å²) in [7, 11) is 2.24. The second-order valence-electron chi connectivity index (χ2n) is 5.67. The zero-order chi connectivity index (χ0) is 11.6. The smallest absolute Gasteiger partial charge is 0.104 e. The molecular formula is C14H17N3. The Bertz CT molecular complexity index is 550. The average molecular weight is 227 g/mol. The molecule has 1 fully saturated rings. The van der Waals surface area contributed by atoms with E-state index in [2.05, 4.69) is 34.0 Å².